The molecule has 0 heterocycles. The third-order valence-electron chi connectivity index (χ3n) is 1.67. The standard InChI is InChI=1S/C7H12F4O3S.Li/c8-3-1-2-5(9)7(11)6(10)4-15(12,13)14;/h5-7H,1-4H2,(H,12,13,14);/q;+1/p-1. The van der Waals surface area contributed by atoms with Crippen LogP contribution in [0.4, 0.5) is 17.6 Å². The molecule has 0 aromatic rings. The summed E-state index contributed by atoms with van der Waals surface area (Å²) >= 11 is 0. The average Bonchev–Trinajstić information content (AvgIpc) is 2.10. The van der Waals surface area contributed by atoms with Gasteiger partial charge in [-0.05, 0) is 12.8 Å². The number of alkyl halides is 4. The van der Waals surface area contributed by atoms with Crippen molar-refractivity contribution in [1.82, 2.24) is 0 Å². The van der Waals surface area contributed by atoms with Gasteiger partial charge < -0.3 is 4.55 Å². The molecule has 9 heteroatoms. The fourth-order valence-corrected chi connectivity index (χ4v) is 1.52. The number of halogens is 4. The molecule has 3 atom stereocenters. The zero-order valence-electron chi connectivity index (χ0n) is 8.71. The van der Waals surface area contributed by atoms with E-state index in [1.165, 1.54) is 0 Å². The smallest absolute Gasteiger partial charge is 0.748 e. The van der Waals surface area contributed by atoms with Crippen LogP contribution >= 0.6 is 0 Å². The number of hydrogen-bond acceptors (Lipinski definition) is 3. The van der Waals surface area contributed by atoms with Crippen molar-refractivity contribution < 1.29 is 49.4 Å². The second kappa shape index (κ2) is 8.34. The summed E-state index contributed by atoms with van der Waals surface area (Å²) in [7, 11) is -4.93. The largest absolute Gasteiger partial charge is 1.00 e. The van der Waals surface area contributed by atoms with Crippen molar-refractivity contribution in [3.05, 3.63) is 0 Å². The van der Waals surface area contributed by atoms with Crippen molar-refractivity contribution >= 4 is 10.1 Å². The summed E-state index contributed by atoms with van der Waals surface area (Å²) in [5.41, 5.74) is 0. The molecule has 0 spiro atoms. The van der Waals surface area contributed by atoms with Crippen LogP contribution in [0.1, 0.15) is 12.8 Å². The molecule has 3 nitrogen and oxygen atoms in total. The Hall–Kier alpha value is 0.227. The van der Waals surface area contributed by atoms with Crippen LogP contribution in [0.3, 0.4) is 0 Å². The van der Waals surface area contributed by atoms with Gasteiger partial charge in [0.25, 0.3) is 0 Å². The van der Waals surface area contributed by atoms with Gasteiger partial charge in [-0.1, -0.05) is 0 Å². The molecule has 0 rings (SSSR count). The maximum absolute atomic E-state index is 12.8. The molecule has 0 aliphatic rings. The summed E-state index contributed by atoms with van der Waals surface area (Å²) in [6.45, 7) is -0.871. The first-order valence-electron chi connectivity index (χ1n) is 4.19. The van der Waals surface area contributed by atoms with Crippen LogP contribution < -0.4 is 18.9 Å². The van der Waals surface area contributed by atoms with E-state index in [0.717, 1.165) is 0 Å². The Labute approximate surface area is 104 Å². The molecule has 3 unspecified atom stereocenters. The Morgan fingerprint density at radius 2 is 1.62 bits per heavy atom. The molecule has 0 saturated heterocycles. The predicted molar refractivity (Wildman–Crippen MR) is 44.5 cm³/mol. The normalized spacial score (nSPS) is 17.3. The Morgan fingerprint density at radius 3 is 2.00 bits per heavy atom. The van der Waals surface area contributed by atoms with Crippen LogP contribution in [-0.4, -0.2) is 43.9 Å². The minimum Gasteiger partial charge on any atom is -0.748 e. The molecule has 0 aliphatic heterocycles. The minimum absolute atomic E-state index is 0. The zero-order valence-corrected chi connectivity index (χ0v) is 9.52. The average molecular weight is 258 g/mol. The van der Waals surface area contributed by atoms with Crippen LogP contribution in [-0.2, 0) is 10.1 Å². The zero-order chi connectivity index (χ0) is 12.1. The maximum Gasteiger partial charge on any atom is 1.00 e. The van der Waals surface area contributed by atoms with Crippen LogP contribution in [0.15, 0.2) is 0 Å². The van der Waals surface area contributed by atoms with Gasteiger partial charge in [0.05, 0.1) is 22.5 Å². The summed E-state index contributed by atoms with van der Waals surface area (Å²) in [4.78, 5) is 0. The van der Waals surface area contributed by atoms with Gasteiger partial charge in [-0.25, -0.2) is 21.6 Å². The Kier molecular flexibility index (Phi) is 9.69. The molecular formula is C7H11F4LiO3S. The summed E-state index contributed by atoms with van der Waals surface area (Å²) in [6, 6.07) is 0. The van der Waals surface area contributed by atoms with E-state index in [-0.39, 0.29) is 25.3 Å². The van der Waals surface area contributed by atoms with Crippen LogP contribution in [0.5, 0.6) is 0 Å². The van der Waals surface area contributed by atoms with E-state index >= 15 is 0 Å². The van der Waals surface area contributed by atoms with Crippen molar-refractivity contribution in [1.29, 1.82) is 0 Å². The third-order valence-corrected chi connectivity index (χ3v) is 2.39. The summed E-state index contributed by atoms with van der Waals surface area (Å²) < 4.78 is 79.9. The first kappa shape index (κ1) is 18.6. The van der Waals surface area contributed by atoms with E-state index in [0.29, 0.717) is 0 Å². The molecule has 0 fully saturated rings. The minimum atomic E-state index is -4.93. The van der Waals surface area contributed by atoms with Gasteiger partial charge in [-0.2, -0.15) is 0 Å². The monoisotopic (exact) mass is 258 g/mol. The Bertz CT molecular complexity index is 275. The molecule has 0 aromatic carbocycles. The van der Waals surface area contributed by atoms with E-state index in [9.17, 15) is 30.5 Å². The first-order valence-corrected chi connectivity index (χ1v) is 5.77. The molecule has 16 heavy (non-hydrogen) atoms. The fourth-order valence-electron chi connectivity index (χ4n) is 0.945. The van der Waals surface area contributed by atoms with E-state index in [4.69, 9.17) is 0 Å². The molecule has 0 aromatic heterocycles. The van der Waals surface area contributed by atoms with Crippen molar-refractivity contribution in [3.8, 4) is 0 Å². The topological polar surface area (TPSA) is 57.2 Å². The molecule has 0 bridgehead atoms. The van der Waals surface area contributed by atoms with Crippen molar-refractivity contribution in [2.24, 2.45) is 0 Å². The van der Waals surface area contributed by atoms with Gasteiger partial charge in [0, 0.05) is 0 Å². The molecule has 0 N–H and O–H groups in total. The molecular weight excluding hydrogens is 247 g/mol. The van der Waals surface area contributed by atoms with E-state index in [1.54, 1.807) is 0 Å². The van der Waals surface area contributed by atoms with Gasteiger partial charge in [-0.15, -0.1) is 0 Å². The predicted octanol–water partition coefficient (Wildman–Crippen LogP) is -1.70. The van der Waals surface area contributed by atoms with E-state index in [1.807, 2.05) is 0 Å². The third kappa shape index (κ3) is 8.39. The van der Waals surface area contributed by atoms with Gasteiger partial charge >= 0.3 is 18.9 Å². The van der Waals surface area contributed by atoms with E-state index < -0.39 is 47.5 Å². The number of hydrogen-bond donors (Lipinski definition) is 0. The van der Waals surface area contributed by atoms with Gasteiger partial charge in [0.2, 0.25) is 0 Å². The van der Waals surface area contributed by atoms with Crippen molar-refractivity contribution in [3.63, 3.8) is 0 Å². The summed E-state index contributed by atoms with van der Waals surface area (Å²) in [5, 5.41) is 0. The molecule has 0 saturated carbocycles. The number of rotatable bonds is 7. The summed E-state index contributed by atoms with van der Waals surface area (Å²) in [6.07, 6.45) is -8.53. The maximum atomic E-state index is 12.8. The van der Waals surface area contributed by atoms with E-state index in [2.05, 4.69) is 0 Å². The van der Waals surface area contributed by atoms with Crippen molar-refractivity contribution in [2.75, 3.05) is 12.4 Å². The fraction of sp³-hybridized carbons (Fsp3) is 1.00. The van der Waals surface area contributed by atoms with Gasteiger partial charge in [-0.3, -0.25) is 4.39 Å². The second-order valence-electron chi connectivity index (χ2n) is 3.03. The van der Waals surface area contributed by atoms with Crippen LogP contribution in [0, 0.1) is 0 Å². The molecule has 0 amide bonds. The molecule has 0 radical (unpaired) electrons. The SMILES string of the molecule is O=S(=O)([O-])CC(F)C(F)C(F)CCCF.[Li+]. The van der Waals surface area contributed by atoms with Crippen LogP contribution in [0.25, 0.3) is 0 Å². The molecule has 92 valence electrons. The van der Waals surface area contributed by atoms with Gasteiger partial charge in [0.1, 0.15) is 12.3 Å². The summed E-state index contributed by atoms with van der Waals surface area (Å²) in [5.74, 6) is -1.61. The van der Waals surface area contributed by atoms with Crippen molar-refractivity contribution in [2.45, 2.75) is 31.4 Å². The second-order valence-corrected chi connectivity index (χ2v) is 4.48. The Morgan fingerprint density at radius 1 is 1.12 bits per heavy atom. The quantitative estimate of drug-likeness (QED) is 0.311. The van der Waals surface area contributed by atoms with Crippen LogP contribution in [0.2, 0.25) is 0 Å². The Balaban J connectivity index is 0. The molecule has 0 aliphatic carbocycles. The van der Waals surface area contributed by atoms with Gasteiger partial charge in [0.15, 0.2) is 6.17 Å². The first-order chi connectivity index (χ1) is 6.78.